The second-order valence-corrected chi connectivity index (χ2v) is 30.0. The number of unbranched alkanes of at least 4 members (excludes halogenated alkanes) is 3. The van der Waals surface area contributed by atoms with E-state index in [-0.39, 0.29) is 97.2 Å². The molecule has 118 heavy (non-hydrogen) atoms. The minimum absolute atomic E-state index is 0.0615. The number of ether oxygens (including phenoxy) is 3. The summed E-state index contributed by atoms with van der Waals surface area (Å²) >= 11 is 0. The summed E-state index contributed by atoms with van der Waals surface area (Å²) in [5.74, 6) is -4.34. The van der Waals surface area contributed by atoms with Crippen LogP contribution in [-0.4, -0.2) is 105 Å². The molecule has 0 spiro atoms. The summed E-state index contributed by atoms with van der Waals surface area (Å²) in [4.78, 5) is 137. The van der Waals surface area contributed by atoms with E-state index in [1.807, 2.05) is 221 Å². The van der Waals surface area contributed by atoms with Gasteiger partial charge in [-0.3, -0.25) is 28.8 Å². The van der Waals surface area contributed by atoms with E-state index in [9.17, 15) is 43.2 Å². The molecule has 0 aliphatic heterocycles. The van der Waals surface area contributed by atoms with Crippen LogP contribution in [0.2, 0.25) is 0 Å². The summed E-state index contributed by atoms with van der Waals surface area (Å²) < 4.78 is 16.2. The fourth-order valence-corrected chi connectivity index (χ4v) is 14.8. The number of amides is 6. The number of rotatable bonds is 39. The average Bonchev–Trinajstić information content (AvgIpc) is 1.59. The highest BCUT2D eigenvalue weighted by molar-refractivity contribution is 6.18. The van der Waals surface area contributed by atoms with Gasteiger partial charge in [0.15, 0.2) is 34.0 Å². The molecule has 15 N–H and O–H groups in total. The number of para-hydroxylation sites is 3. The monoisotopic (exact) mass is 1590 g/mol. The second-order valence-electron chi connectivity index (χ2n) is 30.0. The maximum atomic E-state index is 14.9. The molecule has 9 aromatic carbocycles. The molecule has 0 saturated carbocycles. The molecule has 3 aromatic heterocycles. The third-order valence-corrected chi connectivity index (χ3v) is 21.7. The van der Waals surface area contributed by atoms with Gasteiger partial charge in [0.2, 0.25) is 0 Å². The molecule has 24 nitrogen and oxygen atoms in total. The number of Topliss-reactive ketones (excluding diaryl/α,β-unsaturated/α-hetero) is 3. The lowest BCUT2D eigenvalue weighted by Gasteiger charge is -2.28. The van der Waals surface area contributed by atoms with Gasteiger partial charge in [0.05, 0.1) is 0 Å². The first-order valence-electron chi connectivity index (χ1n) is 39.8. The molecule has 24 heteroatoms. The normalized spacial score (nSPS) is 12.8. The van der Waals surface area contributed by atoms with Gasteiger partial charge in [-0.05, 0) is 183 Å². The SMILES string of the molecule is Cc1[nH]c2ccccc2c1CC(=O)[C@@](N)(CCCCNC(=O)OCc1ccccc1)C(=O)Nc1ccc(C(c2ccc(NC(=O)[C@](N)(CCCCNC(=O)OCc3ccccc3)C(=O)Cc3c(C)[nH]c4ccccc34)cc2)c2ccc(NC(=O)[C@](N)(CCCCNC(=O)OCc3ccccc3)C(=O)Cc3c(C)[nH]c4ccccc34)cc2)cc1. The van der Waals surface area contributed by atoms with Gasteiger partial charge >= 0.3 is 18.3 Å². The number of carbonyl (C=O) groups excluding carboxylic acids is 9. The number of aryl methyl sites for hydroxylation is 3. The summed E-state index contributed by atoms with van der Waals surface area (Å²) in [5.41, 5.74) is 27.7. The Balaban J connectivity index is 0.800. The van der Waals surface area contributed by atoms with E-state index in [4.69, 9.17) is 31.4 Å². The van der Waals surface area contributed by atoms with Gasteiger partial charge in [0.25, 0.3) is 17.7 Å². The number of anilines is 3. The van der Waals surface area contributed by atoms with Crippen LogP contribution in [0.15, 0.2) is 237 Å². The summed E-state index contributed by atoms with van der Waals surface area (Å²) in [6.07, 6.45) is -0.505. The highest BCUT2D eigenvalue weighted by Gasteiger charge is 2.44. The van der Waals surface area contributed by atoms with Crippen LogP contribution in [0.3, 0.4) is 0 Å². The maximum absolute atomic E-state index is 14.9. The number of nitrogens with one attached hydrogen (secondary N) is 9. The fraction of sp³-hybridized carbons (Fsp3) is 0.266. The predicted molar refractivity (Wildman–Crippen MR) is 458 cm³/mol. The summed E-state index contributed by atoms with van der Waals surface area (Å²) in [7, 11) is 0. The largest absolute Gasteiger partial charge is 0.445 e. The third-order valence-electron chi connectivity index (χ3n) is 21.7. The van der Waals surface area contributed by atoms with Crippen molar-refractivity contribution in [1.29, 1.82) is 0 Å². The Morgan fingerprint density at radius 1 is 0.322 bits per heavy atom. The zero-order valence-electron chi connectivity index (χ0n) is 66.5. The van der Waals surface area contributed by atoms with Crippen LogP contribution >= 0.6 is 0 Å². The van der Waals surface area contributed by atoms with E-state index in [2.05, 4.69) is 46.9 Å². The number of fused-ring (bicyclic) bond motifs is 3. The molecule has 6 amide bonds. The molecule has 0 fully saturated rings. The standard InChI is InChI=1S/C94H100N12O12/c1-61-76(73-31-13-16-34-79(73)101-61)55-82(107)92(95,49-19-22-52-98-89(113)116-58-64-25-7-4-8-26-64)86(110)104-70-43-37-67(38-44-70)85(68-39-45-71(46-40-68)105-87(111)93(96,83(108)56-77-62(2)102-80-35-17-14-32-74(77)80)50-20-23-53-99-90(114)117-59-65-27-9-5-10-28-65)69-41-47-72(48-42-69)106-88(112)94(97,84(109)57-78-63(3)103-81-36-18-15-33-75(78)81)51-21-24-54-100-91(115)118-60-66-29-11-6-12-30-66/h4-18,25-48,85,101-103H,19-24,49-60,95-97H2,1-3H3,(H,98,113)(H,99,114)(H,100,115)(H,104,110)(H,105,111)(H,106,112)/t92-,93-,94-/m0/s1. The minimum atomic E-state index is -2.04. The van der Waals surface area contributed by atoms with Crippen molar-refractivity contribution in [3.8, 4) is 0 Å². The number of benzene rings is 9. The maximum Gasteiger partial charge on any atom is 0.407 e. The predicted octanol–water partition coefficient (Wildman–Crippen LogP) is 14.9. The number of ketones is 3. The number of hydrogen-bond acceptors (Lipinski definition) is 15. The zero-order chi connectivity index (χ0) is 83.2. The van der Waals surface area contributed by atoms with Crippen molar-refractivity contribution in [2.75, 3.05) is 35.6 Å². The molecule has 3 heterocycles. The first-order chi connectivity index (χ1) is 57.0. The Kier molecular flexibility index (Phi) is 28.1. The van der Waals surface area contributed by atoms with Gasteiger partial charge in [-0.1, -0.05) is 182 Å². The first kappa shape index (κ1) is 84.1. The van der Waals surface area contributed by atoms with Gasteiger partial charge in [0, 0.05) is 112 Å². The van der Waals surface area contributed by atoms with Crippen LogP contribution in [0, 0.1) is 20.8 Å². The van der Waals surface area contributed by atoms with Crippen molar-refractivity contribution in [2.45, 2.75) is 140 Å². The van der Waals surface area contributed by atoms with Crippen LogP contribution in [0.5, 0.6) is 0 Å². The van der Waals surface area contributed by atoms with Gasteiger partial charge in [-0.15, -0.1) is 0 Å². The Bertz CT molecular complexity index is 4980. The molecule has 0 radical (unpaired) electrons. The number of alkyl carbamates (subject to hydrolysis) is 3. The lowest BCUT2D eigenvalue weighted by Crippen LogP contribution is -2.58. The number of aromatic amines is 3. The van der Waals surface area contributed by atoms with Crippen molar-refractivity contribution < 1.29 is 57.4 Å². The van der Waals surface area contributed by atoms with Crippen molar-refractivity contribution in [3.05, 3.63) is 304 Å². The van der Waals surface area contributed by atoms with Crippen LogP contribution in [-0.2, 0) is 82.1 Å². The molecular weight excluding hydrogens is 1490 g/mol. The highest BCUT2D eigenvalue weighted by Crippen LogP contribution is 2.36. The molecule has 3 atom stereocenters. The van der Waals surface area contributed by atoms with E-state index >= 15 is 0 Å². The Hall–Kier alpha value is -13.3. The lowest BCUT2D eigenvalue weighted by atomic mass is 9.83. The summed E-state index contributed by atoms with van der Waals surface area (Å²) in [6, 6.07) is 71.7. The van der Waals surface area contributed by atoms with E-state index in [1.54, 1.807) is 36.4 Å². The first-order valence-corrected chi connectivity index (χ1v) is 39.8. The van der Waals surface area contributed by atoms with Crippen molar-refractivity contribution in [1.82, 2.24) is 30.9 Å². The quantitative estimate of drug-likeness (QED) is 0.00737. The molecule has 12 aromatic rings. The number of H-pyrrole nitrogens is 3. The molecular formula is C94H100N12O12. The Labute approximate surface area is 684 Å². The minimum Gasteiger partial charge on any atom is -0.445 e. The Morgan fingerprint density at radius 2 is 0.568 bits per heavy atom. The molecule has 0 saturated heterocycles. The van der Waals surface area contributed by atoms with Crippen LogP contribution in [0.4, 0.5) is 31.4 Å². The van der Waals surface area contributed by atoms with Crippen molar-refractivity contribution in [2.24, 2.45) is 17.2 Å². The van der Waals surface area contributed by atoms with Crippen LogP contribution in [0.25, 0.3) is 32.7 Å². The summed E-state index contributed by atoms with van der Waals surface area (Å²) in [6.45, 7) is 6.43. The molecule has 0 bridgehead atoms. The van der Waals surface area contributed by atoms with Crippen molar-refractivity contribution in [3.63, 3.8) is 0 Å². The summed E-state index contributed by atoms with van der Waals surface area (Å²) in [5, 5.41) is 19.6. The number of hydrogen-bond donors (Lipinski definition) is 12. The third kappa shape index (κ3) is 21.2. The van der Waals surface area contributed by atoms with Gasteiger partial charge in [-0.2, -0.15) is 0 Å². The molecule has 0 aliphatic carbocycles. The molecule has 608 valence electrons. The fourth-order valence-electron chi connectivity index (χ4n) is 14.8. The number of carbonyl (C=O) groups is 9. The Morgan fingerprint density at radius 3 is 0.831 bits per heavy atom. The molecule has 12 rings (SSSR count). The highest BCUT2D eigenvalue weighted by atomic mass is 16.6. The molecule has 0 unspecified atom stereocenters. The van der Waals surface area contributed by atoms with Gasteiger partial charge in [-0.25, -0.2) is 14.4 Å². The number of aromatic nitrogens is 3. The van der Waals surface area contributed by atoms with E-state index in [0.717, 1.165) is 66.5 Å². The van der Waals surface area contributed by atoms with E-state index < -0.39 is 75.9 Å². The van der Waals surface area contributed by atoms with Gasteiger partial charge < -0.3 is 78.3 Å². The average molecular weight is 1590 g/mol. The van der Waals surface area contributed by atoms with E-state index in [1.165, 1.54) is 0 Å². The zero-order valence-corrected chi connectivity index (χ0v) is 66.5. The van der Waals surface area contributed by atoms with Crippen LogP contribution in [0.1, 0.15) is 131 Å². The lowest BCUT2D eigenvalue weighted by molar-refractivity contribution is -0.134. The van der Waals surface area contributed by atoms with E-state index in [0.29, 0.717) is 69.7 Å². The number of nitrogens with two attached hydrogens (primary N) is 3. The second kappa shape index (κ2) is 39.4. The van der Waals surface area contributed by atoms with Gasteiger partial charge in [0.1, 0.15) is 19.8 Å². The van der Waals surface area contributed by atoms with Crippen molar-refractivity contribution >= 4 is 103 Å². The topological polar surface area (TPSA) is 379 Å². The smallest absolute Gasteiger partial charge is 0.407 e. The molecule has 0 aliphatic rings. The van der Waals surface area contributed by atoms with Crippen LogP contribution < -0.4 is 49.1 Å².